The second-order valence-electron chi connectivity index (χ2n) is 6.91. The van der Waals surface area contributed by atoms with Crippen molar-refractivity contribution >= 4 is 54.9 Å². The summed E-state index contributed by atoms with van der Waals surface area (Å²) in [5, 5.41) is 7.19. The van der Waals surface area contributed by atoms with E-state index in [9.17, 15) is 0 Å². The van der Waals surface area contributed by atoms with Gasteiger partial charge in [-0.3, -0.25) is 10.0 Å². The zero-order chi connectivity index (χ0) is 17.8. The molecule has 0 saturated heterocycles. The van der Waals surface area contributed by atoms with Crippen molar-refractivity contribution in [3.63, 3.8) is 0 Å². The maximum atomic E-state index is 6.66. The molecule has 2 aromatic heterocycles. The summed E-state index contributed by atoms with van der Waals surface area (Å²) in [4.78, 5) is 4.82. The topological polar surface area (TPSA) is 32.5 Å². The van der Waals surface area contributed by atoms with E-state index in [4.69, 9.17) is 21.0 Å². The molecule has 6 heteroatoms. The molecule has 0 N–H and O–H groups in total. The Hall–Kier alpha value is -2.24. The minimum atomic E-state index is 0.469. The number of rotatable bonds is 2. The fraction of sp³-hybridized carbons (Fsp3) is 0.250. The summed E-state index contributed by atoms with van der Waals surface area (Å²) in [6, 6.07) is 12.1. The number of anilines is 2. The first-order valence-electron chi connectivity index (χ1n) is 8.67. The Bertz CT molecular complexity index is 1090. The molecule has 0 amide bonds. The second-order valence-corrected chi connectivity index (χ2v) is 8.33. The maximum absolute atomic E-state index is 6.66. The van der Waals surface area contributed by atoms with Gasteiger partial charge in [-0.25, -0.2) is 4.98 Å². The van der Waals surface area contributed by atoms with E-state index in [2.05, 4.69) is 36.1 Å². The third-order valence-corrected chi connectivity index (χ3v) is 6.38. The quantitative estimate of drug-likeness (QED) is 0.441. The second kappa shape index (κ2) is 5.89. The Morgan fingerprint density at radius 1 is 1.27 bits per heavy atom. The van der Waals surface area contributed by atoms with Gasteiger partial charge in [0.1, 0.15) is 5.58 Å². The van der Waals surface area contributed by atoms with Crippen LogP contribution in [0, 0.1) is 5.92 Å². The van der Waals surface area contributed by atoms with Crippen LogP contribution in [0.3, 0.4) is 0 Å². The van der Waals surface area contributed by atoms with E-state index in [0.29, 0.717) is 5.92 Å². The standard InChI is InChI=1S/C20H18ClN3OS/c1-12-9-13-11-25-16-8-7-14(21)19(18(13)16)24(10-12)23(2)20-22-15-5-3-4-6-17(15)26-20/h3-8,11-12H,9-10H2,1-2H3. The monoisotopic (exact) mass is 383 g/mol. The Morgan fingerprint density at radius 2 is 2.12 bits per heavy atom. The molecule has 132 valence electrons. The van der Waals surface area contributed by atoms with Crippen molar-refractivity contribution in [3.05, 3.63) is 53.2 Å². The number of aromatic nitrogens is 1. The van der Waals surface area contributed by atoms with Gasteiger partial charge in [-0.15, -0.1) is 0 Å². The fourth-order valence-electron chi connectivity index (χ4n) is 3.75. The summed E-state index contributed by atoms with van der Waals surface area (Å²) in [5.41, 5.74) is 4.15. The predicted molar refractivity (Wildman–Crippen MR) is 109 cm³/mol. The Morgan fingerprint density at radius 3 is 2.96 bits per heavy atom. The summed E-state index contributed by atoms with van der Waals surface area (Å²) < 4.78 is 6.97. The highest BCUT2D eigenvalue weighted by atomic mass is 35.5. The van der Waals surface area contributed by atoms with E-state index in [1.165, 1.54) is 10.3 Å². The van der Waals surface area contributed by atoms with Crippen LogP contribution in [-0.2, 0) is 6.42 Å². The van der Waals surface area contributed by atoms with Crippen LogP contribution in [0.1, 0.15) is 12.5 Å². The minimum absolute atomic E-state index is 0.469. The summed E-state index contributed by atoms with van der Waals surface area (Å²) in [6.45, 7) is 3.14. The average Bonchev–Trinajstić information content (AvgIpc) is 3.20. The fourth-order valence-corrected chi connectivity index (χ4v) is 4.94. The number of hydrazine groups is 1. The highest BCUT2D eigenvalue weighted by Gasteiger charge is 2.29. The predicted octanol–water partition coefficient (Wildman–Crippen LogP) is 5.75. The summed E-state index contributed by atoms with van der Waals surface area (Å²) in [6.07, 6.45) is 2.85. The van der Waals surface area contributed by atoms with Crippen LogP contribution in [0.25, 0.3) is 21.2 Å². The lowest BCUT2D eigenvalue weighted by atomic mass is 10.0. The number of hydrogen-bond donors (Lipinski definition) is 0. The Kier molecular flexibility index (Phi) is 3.62. The SMILES string of the molecule is CC1Cc2coc3ccc(Cl)c(c23)N(N(C)c2nc3ccccc3s2)C1. The van der Waals surface area contributed by atoms with Crippen LogP contribution >= 0.6 is 22.9 Å². The third-order valence-electron chi connectivity index (χ3n) is 4.97. The van der Waals surface area contributed by atoms with Gasteiger partial charge in [0.25, 0.3) is 0 Å². The number of furan rings is 1. The van der Waals surface area contributed by atoms with Crippen molar-refractivity contribution in [2.24, 2.45) is 5.92 Å². The Balaban J connectivity index is 1.68. The maximum Gasteiger partial charge on any atom is 0.205 e. The summed E-state index contributed by atoms with van der Waals surface area (Å²) in [7, 11) is 2.06. The molecule has 26 heavy (non-hydrogen) atoms. The van der Waals surface area contributed by atoms with Crippen LogP contribution in [0.15, 0.2) is 47.1 Å². The normalized spacial score (nSPS) is 17.0. The van der Waals surface area contributed by atoms with E-state index in [-0.39, 0.29) is 0 Å². The number of para-hydroxylation sites is 1. The van der Waals surface area contributed by atoms with Gasteiger partial charge < -0.3 is 4.42 Å². The highest BCUT2D eigenvalue weighted by Crippen LogP contribution is 2.42. The van der Waals surface area contributed by atoms with Gasteiger partial charge in [0.05, 0.1) is 32.6 Å². The lowest BCUT2D eigenvalue weighted by Crippen LogP contribution is -2.42. The smallest absolute Gasteiger partial charge is 0.205 e. The average molecular weight is 384 g/mol. The van der Waals surface area contributed by atoms with Crippen LogP contribution in [-0.4, -0.2) is 18.6 Å². The van der Waals surface area contributed by atoms with Crippen LogP contribution < -0.4 is 10.0 Å². The van der Waals surface area contributed by atoms with E-state index in [0.717, 1.165) is 45.3 Å². The molecule has 1 aliphatic rings. The molecule has 0 bridgehead atoms. The van der Waals surface area contributed by atoms with Gasteiger partial charge in [-0.1, -0.05) is 42.0 Å². The molecular formula is C20H18ClN3OS. The van der Waals surface area contributed by atoms with Gasteiger partial charge in [0, 0.05) is 19.2 Å². The first kappa shape index (κ1) is 16.0. The van der Waals surface area contributed by atoms with E-state index < -0.39 is 0 Å². The zero-order valence-corrected chi connectivity index (χ0v) is 16.1. The first-order valence-corrected chi connectivity index (χ1v) is 9.86. The number of benzene rings is 2. The van der Waals surface area contributed by atoms with Gasteiger partial charge in [-0.2, -0.15) is 0 Å². The number of halogens is 1. The van der Waals surface area contributed by atoms with Crippen LogP contribution in [0.4, 0.5) is 10.8 Å². The van der Waals surface area contributed by atoms with Crippen LogP contribution in [0.5, 0.6) is 0 Å². The molecule has 0 aliphatic carbocycles. The van der Waals surface area contributed by atoms with Gasteiger partial charge in [0.15, 0.2) is 0 Å². The van der Waals surface area contributed by atoms with Crippen molar-refractivity contribution in [1.29, 1.82) is 0 Å². The molecule has 0 saturated carbocycles. The molecule has 1 aliphatic heterocycles. The zero-order valence-electron chi connectivity index (χ0n) is 14.6. The molecule has 5 rings (SSSR count). The molecule has 0 radical (unpaired) electrons. The molecule has 4 nitrogen and oxygen atoms in total. The van der Waals surface area contributed by atoms with Gasteiger partial charge in [0.2, 0.25) is 5.13 Å². The highest BCUT2D eigenvalue weighted by molar-refractivity contribution is 7.22. The van der Waals surface area contributed by atoms with Gasteiger partial charge in [-0.05, 0) is 36.6 Å². The van der Waals surface area contributed by atoms with Crippen molar-refractivity contribution in [1.82, 2.24) is 4.98 Å². The largest absolute Gasteiger partial charge is 0.464 e. The number of thiazole rings is 1. The molecular weight excluding hydrogens is 366 g/mol. The molecule has 1 unspecified atom stereocenters. The number of nitrogens with zero attached hydrogens (tertiary/aromatic N) is 3. The van der Waals surface area contributed by atoms with Crippen molar-refractivity contribution < 1.29 is 4.42 Å². The lowest BCUT2D eigenvalue weighted by Gasteiger charge is -2.35. The van der Waals surface area contributed by atoms with E-state index >= 15 is 0 Å². The third kappa shape index (κ3) is 2.38. The minimum Gasteiger partial charge on any atom is -0.464 e. The lowest BCUT2D eigenvalue weighted by molar-refractivity contribution is 0.548. The van der Waals surface area contributed by atoms with Crippen LogP contribution in [0.2, 0.25) is 5.02 Å². The summed E-state index contributed by atoms with van der Waals surface area (Å²) in [5.74, 6) is 0.469. The molecule has 0 spiro atoms. The molecule has 3 heterocycles. The summed E-state index contributed by atoms with van der Waals surface area (Å²) >= 11 is 8.36. The van der Waals surface area contributed by atoms with Gasteiger partial charge >= 0.3 is 0 Å². The molecule has 4 aromatic rings. The Labute approximate surface area is 160 Å². The van der Waals surface area contributed by atoms with Crippen molar-refractivity contribution in [2.45, 2.75) is 13.3 Å². The van der Waals surface area contributed by atoms with Crippen molar-refractivity contribution in [2.75, 3.05) is 23.6 Å². The number of fused-ring (bicyclic) bond motifs is 1. The molecule has 0 fully saturated rings. The number of hydrogen-bond acceptors (Lipinski definition) is 5. The van der Waals surface area contributed by atoms with E-state index in [1.807, 2.05) is 30.5 Å². The molecule has 1 atom stereocenters. The first-order chi connectivity index (χ1) is 12.6. The molecule has 2 aromatic carbocycles. The van der Waals surface area contributed by atoms with E-state index in [1.54, 1.807) is 11.3 Å². The van der Waals surface area contributed by atoms with Crippen molar-refractivity contribution in [3.8, 4) is 0 Å².